The molecule has 0 atom stereocenters. The minimum Gasteiger partial charge on any atom is -0.375 e. The van der Waals surface area contributed by atoms with Crippen LogP contribution in [-0.2, 0) is 20.9 Å². The Labute approximate surface area is 133 Å². The molecule has 2 heterocycles. The predicted octanol–water partition coefficient (Wildman–Crippen LogP) is -0.251. The lowest BCUT2D eigenvalue weighted by atomic mass is 10.3. The molecule has 0 N–H and O–H groups in total. The Morgan fingerprint density at radius 2 is 1.74 bits per heavy atom. The van der Waals surface area contributed by atoms with Gasteiger partial charge in [0.05, 0.1) is 5.52 Å². The van der Waals surface area contributed by atoms with E-state index < -0.39 is 0 Å². The lowest BCUT2D eigenvalue weighted by Crippen LogP contribution is -2.52. The molecule has 23 heavy (non-hydrogen) atoms. The zero-order chi connectivity index (χ0) is 16.2. The third-order valence-corrected chi connectivity index (χ3v) is 3.96. The molecule has 0 saturated carbocycles. The van der Waals surface area contributed by atoms with E-state index in [9.17, 15) is 9.59 Å². The van der Waals surface area contributed by atoms with Gasteiger partial charge in [0.2, 0.25) is 11.8 Å². The molecule has 1 aromatic carbocycles. The van der Waals surface area contributed by atoms with Crippen molar-refractivity contribution in [1.29, 1.82) is 0 Å². The summed E-state index contributed by atoms with van der Waals surface area (Å²) in [5.41, 5.74) is 1.62. The summed E-state index contributed by atoms with van der Waals surface area (Å²) in [6, 6.07) is 7.54. The lowest BCUT2D eigenvalue weighted by molar-refractivity contribution is -0.142. The molecule has 2 aromatic rings. The number of ether oxygens (including phenoxy) is 1. The van der Waals surface area contributed by atoms with Crippen molar-refractivity contribution in [2.75, 3.05) is 39.9 Å². The van der Waals surface area contributed by atoms with Crippen LogP contribution in [0.1, 0.15) is 0 Å². The number of fused-ring (bicyclic) bond motifs is 1. The van der Waals surface area contributed by atoms with Gasteiger partial charge in [0.25, 0.3) is 0 Å². The predicted molar refractivity (Wildman–Crippen MR) is 82.6 cm³/mol. The van der Waals surface area contributed by atoms with Gasteiger partial charge in [0, 0.05) is 33.3 Å². The number of carbonyl (C=O) groups is 2. The molecular formula is C15H19N5O3. The molecule has 0 unspecified atom stereocenters. The second kappa shape index (κ2) is 6.74. The van der Waals surface area contributed by atoms with E-state index in [0.717, 1.165) is 11.0 Å². The Morgan fingerprint density at radius 1 is 1.09 bits per heavy atom. The number of hydrogen-bond donors (Lipinski definition) is 0. The van der Waals surface area contributed by atoms with Crippen molar-refractivity contribution >= 4 is 22.8 Å². The maximum Gasteiger partial charge on any atom is 0.248 e. The van der Waals surface area contributed by atoms with Gasteiger partial charge in [-0.25, -0.2) is 4.68 Å². The number of piperazine rings is 1. The Morgan fingerprint density at radius 3 is 2.43 bits per heavy atom. The molecule has 1 aromatic heterocycles. The molecule has 0 aliphatic carbocycles. The maximum absolute atomic E-state index is 12.4. The quantitative estimate of drug-likeness (QED) is 0.777. The highest BCUT2D eigenvalue weighted by Crippen LogP contribution is 2.11. The summed E-state index contributed by atoms with van der Waals surface area (Å²) in [6.45, 7) is 2.37. The normalized spacial score (nSPS) is 15.2. The van der Waals surface area contributed by atoms with Crippen molar-refractivity contribution in [3.8, 4) is 0 Å². The summed E-state index contributed by atoms with van der Waals surface area (Å²) in [4.78, 5) is 27.7. The fourth-order valence-corrected chi connectivity index (χ4v) is 2.68. The van der Waals surface area contributed by atoms with Crippen LogP contribution in [0.15, 0.2) is 24.3 Å². The molecule has 1 aliphatic rings. The summed E-state index contributed by atoms with van der Waals surface area (Å²) < 4.78 is 6.46. The number of methoxy groups -OCH3 is 1. The van der Waals surface area contributed by atoms with Gasteiger partial charge in [-0.3, -0.25) is 9.59 Å². The van der Waals surface area contributed by atoms with Crippen LogP contribution in [0.25, 0.3) is 11.0 Å². The Balaban J connectivity index is 1.59. The molecule has 122 valence electrons. The van der Waals surface area contributed by atoms with Crippen LogP contribution in [0.5, 0.6) is 0 Å². The average Bonchev–Trinajstić information content (AvgIpc) is 2.98. The standard InChI is InChI=1S/C15H19N5O3/c1-23-11-15(22)19-8-6-18(7-9-19)14(21)10-20-13-5-3-2-4-12(13)16-17-20/h2-5H,6-11H2,1H3. The fourth-order valence-electron chi connectivity index (χ4n) is 2.68. The second-order valence-electron chi connectivity index (χ2n) is 5.43. The number of hydrogen-bond acceptors (Lipinski definition) is 5. The van der Waals surface area contributed by atoms with Gasteiger partial charge in [0.15, 0.2) is 0 Å². The van der Waals surface area contributed by atoms with E-state index in [4.69, 9.17) is 4.74 Å². The molecule has 3 rings (SSSR count). The summed E-state index contributed by atoms with van der Waals surface area (Å²) in [5, 5.41) is 8.08. The largest absolute Gasteiger partial charge is 0.375 e. The zero-order valence-electron chi connectivity index (χ0n) is 13.0. The van der Waals surface area contributed by atoms with Gasteiger partial charge < -0.3 is 14.5 Å². The number of rotatable bonds is 4. The molecule has 1 saturated heterocycles. The molecule has 1 aliphatic heterocycles. The molecule has 8 heteroatoms. The van der Waals surface area contributed by atoms with Crippen molar-refractivity contribution in [1.82, 2.24) is 24.8 Å². The first-order valence-electron chi connectivity index (χ1n) is 7.52. The SMILES string of the molecule is COCC(=O)N1CCN(C(=O)Cn2nnc3ccccc32)CC1. The number of para-hydroxylation sites is 1. The summed E-state index contributed by atoms with van der Waals surface area (Å²) in [7, 11) is 1.50. The van der Waals surface area contributed by atoms with E-state index in [1.807, 2.05) is 24.3 Å². The Bertz CT molecular complexity index is 706. The average molecular weight is 317 g/mol. The first-order valence-corrected chi connectivity index (χ1v) is 7.52. The van der Waals surface area contributed by atoms with E-state index in [0.29, 0.717) is 26.2 Å². The molecule has 0 bridgehead atoms. The zero-order valence-corrected chi connectivity index (χ0v) is 13.0. The highest BCUT2D eigenvalue weighted by molar-refractivity contribution is 5.81. The highest BCUT2D eigenvalue weighted by atomic mass is 16.5. The minimum atomic E-state index is -0.0399. The van der Waals surface area contributed by atoms with E-state index in [1.54, 1.807) is 14.5 Å². The van der Waals surface area contributed by atoms with Gasteiger partial charge in [-0.1, -0.05) is 17.3 Å². The van der Waals surface area contributed by atoms with Crippen LogP contribution in [-0.4, -0.2) is 76.5 Å². The third-order valence-electron chi connectivity index (χ3n) is 3.96. The number of amides is 2. The maximum atomic E-state index is 12.4. The van der Waals surface area contributed by atoms with Gasteiger partial charge in [0.1, 0.15) is 18.7 Å². The summed E-state index contributed by atoms with van der Waals surface area (Å²) >= 11 is 0. The first-order chi connectivity index (χ1) is 11.2. The van der Waals surface area contributed by atoms with Gasteiger partial charge >= 0.3 is 0 Å². The van der Waals surface area contributed by atoms with E-state index in [1.165, 1.54) is 7.11 Å². The molecule has 2 amide bonds. The highest BCUT2D eigenvalue weighted by Gasteiger charge is 2.24. The van der Waals surface area contributed by atoms with Crippen LogP contribution >= 0.6 is 0 Å². The van der Waals surface area contributed by atoms with Crippen LogP contribution < -0.4 is 0 Å². The molecule has 1 fully saturated rings. The van der Waals surface area contributed by atoms with Crippen molar-refractivity contribution in [2.24, 2.45) is 0 Å². The van der Waals surface area contributed by atoms with Gasteiger partial charge in [-0.2, -0.15) is 0 Å². The number of nitrogens with zero attached hydrogens (tertiary/aromatic N) is 5. The van der Waals surface area contributed by atoms with Crippen LogP contribution in [0.4, 0.5) is 0 Å². The van der Waals surface area contributed by atoms with Gasteiger partial charge in [-0.15, -0.1) is 5.10 Å². The molecule has 0 spiro atoms. The van der Waals surface area contributed by atoms with Crippen molar-refractivity contribution in [3.63, 3.8) is 0 Å². The smallest absolute Gasteiger partial charge is 0.248 e. The number of benzene rings is 1. The monoisotopic (exact) mass is 317 g/mol. The van der Waals surface area contributed by atoms with Crippen LogP contribution in [0.3, 0.4) is 0 Å². The van der Waals surface area contributed by atoms with Crippen molar-refractivity contribution < 1.29 is 14.3 Å². The number of carbonyl (C=O) groups excluding carboxylic acids is 2. The van der Waals surface area contributed by atoms with Gasteiger partial charge in [-0.05, 0) is 12.1 Å². The third kappa shape index (κ3) is 3.31. The molecular weight excluding hydrogens is 298 g/mol. The second-order valence-corrected chi connectivity index (χ2v) is 5.43. The lowest BCUT2D eigenvalue weighted by Gasteiger charge is -2.34. The van der Waals surface area contributed by atoms with E-state index in [-0.39, 0.29) is 25.0 Å². The van der Waals surface area contributed by atoms with Crippen LogP contribution in [0, 0.1) is 0 Å². The fraction of sp³-hybridized carbons (Fsp3) is 0.467. The first kappa shape index (κ1) is 15.4. The van der Waals surface area contributed by atoms with Crippen molar-refractivity contribution in [3.05, 3.63) is 24.3 Å². The van der Waals surface area contributed by atoms with E-state index in [2.05, 4.69) is 10.3 Å². The Kier molecular flexibility index (Phi) is 4.52. The minimum absolute atomic E-state index is 0.0144. The topological polar surface area (TPSA) is 80.6 Å². The molecule has 0 radical (unpaired) electrons. The molecule has 8 nitrogen and oxygen atoms in total. The number of aromatic nitrogens is 3. The summed E-state index contributed by atoms with van der Waals surface area (Å²) in [6.07, 6.45) is 0. The van der Waals surface area contributed by atoms with Crippen molar-refractivity contribution in [2.45, 2.75) is 6.54 Å². The summed E-state index contributed by atoms with van der Waals surface area (Å²) in [5.74, 6) is -0.0543. The van der Waals surface area contributed by atoms with E-state index >= 15 is 0 Å². The van der Waals surface area contributed by atoms with Crippen LogP contribution in [0.2, 0.25) is 0 Å². The Hall–Kier alpha value is -2.48.